The molecule has 0 N–H and O–H groups in total. The van der Waals surface area contributed by atoms with Crippen LogP contribution >= 0.6 is 11.6 Å². The number of nitrogens with zero attached hydrogens (tertiary/aromatic N) is 3. The van der Waals surface area contributed by atoms with Gasteiger partial charge in [-0.25, -0.2) is 9.97 Å². The lowest BCUT2D eigenvalue weighted by Crippen LogP contribution is -2.05. The van der Waals surface area contributed by atoms with Gasteiger partial charge >= 0.3 is 0 Å². The number of ether oxygens (including phenoxy) is 2. The van der Waals surface area contributed by atoms with Crippen LogP contribution in [-0.2, 0) is 6.54 Å². The van der Waals surface area contributed by atoms with Gasteiger partial charge in [-0.2, -0.15) is 0 Å². The number of para-hydroxylation sites is 3. The van der Waals surface area contributed by atoms with Crippen molar-refractivity contribution in [2.75, 3.05) is 13.7 Å². The Balaban J connectivity index is 1.52. The summed E-state index contributed by atoms with van der Waals surface area (Å²) < 4.78 is 13.5. The third-order valence-electron chi connectivity index (χ3n) is 5.18. The van der Waals surface area contributed by atoms with Gasteiger partial charge in [0, 0.05) is 11.9 Å². The molecule has 150 valence electrons. The van der Waals surface area contributed by atoms with Crippen molar-refractivity contribution in [1.82, 2.24) is 14.5 Å². The second kappa shape index (κ2) is 7.84. The van der Waals surface area contributed by atoms with Gasteiger partial charge in [-0.15, -0.1) is 0 Å². The third-order valence-corrected chi connectivity index (χ3v) is 5.49. The Labute approximate surface area is 178 Å². The van der Waals surface area contributed by atoms with Crippen molar-refractivity contribution in [2.24, 2.45) is 0 Å². The summed E-state index contributed by atoms with van der Waals surface area (Å²) in [5, 5.41) is 1.66. The Morgan fingerprint density at radius 2 is 1.70 bits per heavy atom. The first-order valence-electron chi connectivity index (χ1n) is 9.84. The molecule has 5 nitrogen and oxygen atoms in total. The molecule has 5 rings (SSSR count). The summed E-state index contributed by atoms with van der Waals surface area (Å²) in [6.45, 7) is 1.31. The Morgan fingerprint density at radius 1 is 0.933 bits per heavy atom. The van der Waals surface area contributed by atoms with Crippen LogP contribution in [0.2, 0.25) is 5.02 Å². The number of halogens is 1. The molecule has 0 atom stereocenters. The molecule has 3 aromatic carbocycles. The first-order chi connectivity index (χ1) is 14.7. The maximum absolute atomic E-state index is 6.18. The van der Waals surface area contributed by atoms with Gasteiger partial charge < -0.3 is 14.0 Å². The highest BCUT2D eigenvalue weighted by Gasteiger charge is 2.15. The van der Waals surface area contributed by atoms with Crippen molar-refractivity contribution in [3.05, 3.63) is 71.8 Å². The Morgan fingerprint density at radius 3 is 2.50 bits per heavy atom. The molecule has 0 fully saturated rings. The van der Waals surface area contributed by atoms with Crippen molar-refractivity contribution in [1.29, 1.82) is 0 Å². The van der Waals surface area contributed by atoms with Gasteiger partial charge in [-0.1, -0.05) is 35.9 Å². The highest BCUT2D eigenvalue weighted by molar-refractivity contribution is 6.32. The molecule has 6 heteroatoms. The number of hydrogen-bond acceptors (Lipinski definition) is 4. The van der Waals surface area contributed by atoms with Crippen molar-refractivity contribution >= 4 is 44.7 Å². The van der Waals surface area contributed by atoms with Crippen LogP contribution in [0, 0.1) is 0 Å². The van der Waals surface area contributed by atoms with E-state index in [9.17, 15) is 0 Å². The number of methoxy groups -OCH3 is 1. The average Bonchev–Trinajstić information content (AvgIpc) is 3.08. The number of rotatable bonds is 6. The fourth-order valence-electron chi connectivity index (χ4n) is 3.73. The zero-order valence-corrected chi connectivity index (χ0v) is 17.3. The number of benzene rings is 3. The van der Waals surface area contributed by atoms with E-state index in [0.29, 0.717) is 17.4 Å². The van der Waals surface area contributed by atoms with Crippen molar-refractivity contribution in [3.63, 3.8) is 0 Å². The predicted octanol–water partition coefficient (Wildman–Crippen LogP) is 5.87. The summed E-state index contributed by atoms with van der Waals surface area (Å²) in [6.07, 6.45) is 0.810. The maximum Gasteiger partial charge on any atom is 0.160 e. The average molecular weight is 418 g/mol. The molecule has 0 unspecified atom stereocenters. The molecule has 0 aliphatic carbocycles. The van der Waals surface area contributed by atoms with E-state index in [4.69, 9.17) is 31.0 Å². The van der Waals surface area contributed by atoms with E-state index in [-0.39, 0.29) is 0 Å². The van der Waals surface area contributed by atoms with Gasteiger partial charge in [0.25, 0.3) is 0 Å². The monoisotopic (exact) mass is 417 g/mol. The molecule has 5 aromatic rings. The van der Waals surface area contributed by atoms with Crippen LogP contribution in [0.1, 0.15) is 6.42 Å². The molecule has 2 heterocycles. The molecule has 0 aliphatic heterocycles. The Kier molecular flexibility index (Phi) is 4.89. The van der Waals surface area contributed by atoms with Gasteiger partial charge in [-0.05, 0) is 48.9 Å². The molecule has 30 heavy (non-hydrogen) atoms. The van der Waals surface area contributed by atoms with Gasteiger partial charge in [0.1, 0.15) is 17.0 Å². The van der Waals surface area contributed by atoms with Crippen LogP contribution in [0.5, 0.6) is 11.5 Å². The van der Waals surface area contributed by atoms with E-state index in [1.807, 2.05) is 60.7 Å². The molecule has 0 saturated carbocycles. The normalized spacial score (nSPS) is 11.4. The summed E-state index contributed by atoms with van der Waals surface area (Å²) in [4.78, 5) is 9.82. The molecule has 0 aliphatic rings. The zero-order valence-electron chi connectivity index (χ0n) is 16.5. The lowest BCUT2D eigenvalue weighted by atomic mass is 10.2. The van der Waals surface area contributed by atoms with Gasteiger partial charge in [0.2, 0.25) is 0 Å². The summed E-state index contributed by atoms with van der Waals surface area (Å²) in [7, 11) is 1.67. The fourth-order valence-corrected chi connectivity index (χ4v) is 3.92. The molecule has 0 bridgehead atoms. The van der Waals surface area contributed by atoms with E-state index in [1.54, 1.807) is 7.11 Å². The highest BCUT2D eigenvalue weighted by atomic mass is 35.5. The summed E-state index contributed by atoms with van der Waals surface area (Å²) in [6, 6.07) is 21.5. The SMILES string of the molecule is COc1ccc2c(c1)c1nc3ccccc3nc1n2CCCOc1ccccc1Cl. The number of aromatic nitrogens is 3. The highest BCUT2D eigenvalue weighted by Crippen LogP contribution is 2.31. The topological polar surface area (TPSA) is 49.2 Å². The standard InChI is InChI=1S/C24H20ClN3O2/c1-29-16-11-12-21-17(15-16)23-24(27-20-9-4-3-8-19(20)26-23)28(21)13-6-14-30-22-10-5-2-7-18(22)25/h2-5,7-12,15H,6,13-14H2,1H3. The number of hydrogen-bond donors (Lipinski definition) is 0. The van der Waals surface area contributed by atoms with E-state index >= 15 is 0 Å². The van der Waals surface area contributed by atoms with E-state index in [0.717, 1.165) is 51.8 Å². The summed E-state index contributed by atoms with van der Waals surface area (Å²) in [5.74, 6) is 1.51. The first-order valence-corrected chi connectivity index (χ1v) is 10.2. The van der Waals surface area contributed by atoms with Gasteiger partial charge in [-0.3, -0.25) is 0 Å². The molecule has 0 amide bonds. The quantitative estimate of drug-likeness (QED) is 0.324. The molecule has 0 spiro atoms. The summed E-state index contributed by atoms with van der Waals surface area (Å²) >= 11 is 6.18. The van der Waals surface area contributed by atoms with Gasteiger partial charge in [0.05, 0.1) is 35.3 Å². The lowest BCUT2D eigenvalue weighted by molar-refractivity contribution is 0.303. The largest absolute Gasteiger partial charge is 0.497 e. The zero-order chi connectivity index (χ0) is 20.5. The third kappa shape index (κ3) is 3.31. The van der Waals surface area contributed by atoms with E-state index in [1.165, 1.54) is 0 Å². The van der Waals surface area contributed by atoms with Crippen LogP contribution < -0.4 is 9.47 Å². The van der Waals surface area contributed by atoms with Crippen LogP contribution in [-0.4, -0.2) is 28.3 Å². The second-order valence-corrected chi connectivity index (χ2v) is 7.46. The van der Waals surface area contributed by atoms with Crippen LogP contribution in [0.25, 0.3) is 33.1 Å². The van der Waals surface area contributed by atoms with Crippen LogP contribution in [0.4, 0.5) is 0 Å². The Bertz CT molecular complexity index is 1360. The second-order valence-electron chi connectivity index (χ2n) is 7.05. The molecule has 0 radical (unpaired) electrons. The van der Waals surface area contributed by atoms with Crippen molar-refractivity contribution < 1.29 is 9.47 Å². The smallest absolute Gasteiger partial charge is 0.160 e. The minimum atomic E-state index is 0.558. The van der Waals surface area contributed by atoms with E-state index < -0.39 is 0 Å². The molecule has 0 saturated heterocycles. The van der Waals surface area contributed by atoms with Crippen molar-refractivity contribution in [2.45, 2.75) is 13.0 Å². The predicted molar refractivity (Wildman–Crippen MR) is 121 cm³/mol. The van der Waals surface area contributed by atoms with E-state index in [2.05, 4.69) is 10.6 Å². The van der Waals surface area contributed by atoms with Crippen LogP contribution in [0.3, 0.4) is 0 Å². The number of aryl methyl sites for hydroxylation is 1. The van der Waals surface area contributed by atoms with Crippen molar-refractivity contribution in [3.8, 4) is 11.5 Å². The molecular formula is C24H20ClN3O2. The fraction of sp³-hybridized carbons (Fsp3) is 0.167. The lowest BCUT2D eigenvalue weighted by Gasteiger charge is -2.10. The molecule has 2 aromatic heterocycles. The maximum atomic E-state index is 6.18. The summed E-state index contributed by atoms with van der Waals surface area (Å²) in [5.41, 5.74) is 4.60. The molecular weight excluding hydrogens is 398 g/mol. The van der Waals surface area contributed by atoms with Crippen LogP contribution in [0.15, 0.2) is 66.7 Å². The minimum absolute atomic E-state index is 0.558. The Hall–Kier alpha value is -3.31. The minimum Gasteiger partial charge on any atom is -0.497 e. The first kappa shape index (κ1) is 18.7. The number of fused-ring (bicyclic) bond motifs is 4. The van der Waals surface area contributed by atoms with Gasteiger partial charge in [0.15, 0.2) is 5.65 Å².